The maximum absolute atomic E-state index is 12.2. The Morgan fingerprint density at radius 3 is 2.78 bits per heavy atom. The van der Waals surface area contributed by atoms with Crippen LogP contribution in [0, 0.1) is 5.92 Å². The minimum atomic E-state index is -0.850. The summed E-state index contributed by atoms with van der Waals surface area (Å²) in [6, 6.07) is 0. The predicted molar refractivity (Wildman–Crippen MR) is 88.3 cm³/mol. The first-order valence-corrected chi connectivity index (χ1v) is 9.85. The lowest BCUT2D eigenvalue weighted by atomic mass is 9.93. The van der Waals surface area contributed by atoms with Gasteiger partial charge in [0.25, 0.3) is 5.91 Å². The first-order valence-electron chi connectivity index (χ1n) is 8.45. The Morgan fingerprint density at radius 2 is 2.13 bits per heavy atom. The quantitative estimate of drug-likeness (QED) is 0.816. The van der Waals surface area contributed by atoms with Gasteiger partial charge in [-0.25, -0.2) is 0 Å². The van der Waals surface area contributed by atoms with E-state index in [9.17, 15) is 9.90 Å². The van der Waals surface area contributed by atoms with Crippen molar-refractivity contribution in [1.29, 1.82) is 0 Å². The van der Waals surface area contributed by atoms with E-state index in [1.165, 1.54) is 12.8 Å². The number of aromatic nitrogens is 2. The molecule has 2 aliphatic rings. The van der Waals surface area contributed by atoms with E-state index in [0.717, 1.165) is 36.7 Å². The van der Waals surface area contributed by atoms with E-state index in [1.807, 2.05) is 6.26 Å². The highest BCUT2D eigenvalue weighted by atomic mass is 32.2. The molecular formula is C16H25N3O3S. The lowest BCUT2D eigenvalue weighted by Gasteiger charge is -2.32. The molecule has 1 aliphatic carbocycles. The number of carbonyl (C=O) groups excluding carboxylic acids is 1. The van der Waals surface area contributed by atoms with Crippen LogP contribution in [0.1, 0.15) is 49.7 Å². The molecule has 0 spiro atoms. The first kappa shape index (κ1) is 16.8. The Morgan fingerprint density at radius 1 is 1.39 bits per heavy atom. The third-order valence-corrected chi connectivity index (χ3v) is 5.33. The van der Waals surface area contributed by atoms with Gasteiger partial charge in [-0.3, -0.25) is 4.79 Å². The molecule has 1 saturated heterocycles. The zero-order valence-electron chi connectivity index (χ0n) is 13.6. The molecule has 2 fully saturated rings. The molecule has 1 aromatic heterocycles. The van der Waals surface area contributed by atoms with Gasteiger partial charge in [0.1, 0.15) is 6.10 Å². The summed E-state index contributed by atoms with van der Waals surface area (Å²) < 4.78 is 5.30. The van der Waals surface area contributed by atoms with Gasteiger partial charge in [0.2, 0.25) is 5.89 Å². The van der Waals surface area contributed by atoms with E-state index >= 15 is 0 Å². The Bertz CT molecular complexity index is 524. The van der Waals surface area contributed by atoms with Crippen LogP contribution in [0.25, 0.3) is 0 Å². The van der Waals surface area contributed by atoms with Crippen LogP contribution >= 0.6 is 11.8 Å². The predicted octanol–water partition coefficient (Wildman–Crippen LogP) is 1.84. The van der Waals surface area contributed by atoms with Gasteiger partial charge in [0.15, 0.2) is 5.82 Å². The van der Waals surface area contributed by atoms with Crippen molar-refractivity contribution >= 4 is 17.7 Å². The van der Waals surface area contributed by atoms with E-state index in [-0.39, 0.29) is 5.91 Å². The van der Waals surface area contributed by atoms with Crippen molar-refractivity contribution in [3.63, 3.8) is 0 Å². The number of rotatable bonds is 7. The fourth-order valence-corrected chi connectivity index (χ4v) is 3.48. The lowest BCUT2D eigenvalue weighted by molar-refractivity contribution is -0.141. The summed E-state index contributed by atoms with van der Waals surface area (Å²) in [6.45, 7) is 1.43. The van der Waals surface area contributed by atoms with E-state index in [0.29, 0.717) is 31.3 Å². The third kappa shape index (κ3) is 4.47. The highest BCUT2D eigenvalue weighted by Crippen LogP contribution is 2.39. The number of hydrogen-bond acceptors (Lipinski definition) is 6. The number of aliphatic hydroxyl groups excluding tert-OH is 1. The highest BCUT2D eigenvalue weighted by molar-refractivity contribution is 7.98. The van der Waals surface area contributed by atoms with Crippen molar-refractivity contribution in [2.75, 3.05) is 25.1 Å². The molecule has 7 heteroatoms. The molecule has 1 saturated carbocycles. The standard InChI is InChI=1S/C16H25N3O3S/c1-23-9-6-13(20)16(21)19-7-4-11(5-8-19)10-14-17-15(22-18-14)12-2-3-12/h11-13,20H,2-10H2,1H3/t13-/m1/s1. The molecule has 0 aromatic carbocycles. The van der Waals surface area contributed by atoms with Crippen LogP contribution in [0.15, 0.2) is 4.52 Å². The van der Waals surface area contributed by atoms with Gasteiger partial charge >= 0.3 is 0 Å². The second kappa shape index (κ2) is 7.66. The number of piperidine rings is 1. The summed E-state index contributed by atoms with van der Waals surface area (Å²) >= 11 is 1.65. The molecular weight excluding hydrogens is 314 g/mol. The van der Waals surface area contributed by atoms with E-state index in [4.69, 9.17) is 4.52 Å². The highest BCUT2D eigenvalue weighted by Gasteiger charge is 2.31. The molecule has 0 radical (unpaired) electrons. The number of likely N-dealkylation sites (tertiary alicyclic amines) is 1. The van der Waals surface area contributed by atoms with Crippen molar-refractivity contribution in [2.45, 2.75) is 50.5 Å². The number of nitrogens with zero attached hydrogens (tertiary/aromatic N) is 3. The second-order valence-corrected chi connectivity index (χ2v) is 7.58. The zero-order valence-corrected chi connectivity index (χ0v) is 14.4. The van der Waals surface area contributed by atoms with Crippen molar-refractivity contribution < 1.29 is 14.4 Å². The summed E-state index contributed by atoms with van der Waals surface area (Å²) in [7, 11) is 0. The number of aliphatic hydroxyl groups is 1. The number of thioether (sulfide) groups is 1. The van der Waals surface area contributed by atoms with Gasteiger partial charge in [0.05, 0.1) is 0 Å². The van der Waals surface area contributed by atoms with Crippen LogP contribution in [-0.4, -0.2) is 57.3 Å². The summed E-state index contributed by atoms with van der Waals surface area (Å²) in [4.78, 5) is 18.5. The molecule has 23 heavy (non-hydrogen) atoms. The lowest BCUT2D eigenvalue weighted by Crippen LogP contribution is -2.44. The van der Waals surface area contributed by atoms with Gasteiger partial charge in [-0.05, 0) is 50.0 Å². The summed E-state index contributed by atoms with van der Waals surface area (Å²) in [5.41, 5.74) is 0. The van der Waals surface area contributed by atoms with Crippen molar-refractivity contribution in [1.82, 2.24) is 15.0 Å². The van der Waals surface area contributed by atoms with Gasteiger partial charge in [-0.2, -0.15) is 16.7 Å². The molecule has 1 atom stereocenters. The fourth-order valence-electron chi connectivity index (χ4n) is 3.03. The number of carbonyl (C=O) groups is 1. The van der Waals surface area contributed by atoms with Gasteiger partial charge < -0.3 is 14.5 Å². The number of amides is 1. The first-order chi connectivity index (χ1) is 11.2. The third-order valence-electron chi connectivity index (χ3n) is 4.69. The SMILES string of the molecule is CSCC[C@@H](O)C(=O)N1CCC(Cc2noc(C3CC3)n2)CC1. The molecule has 1 amide bonds. The van der Waals surface area contributed by atoms with Crippen LogP contribution in [0.4, 0.5) is 0 Å². The molecule has 6 nitrogen and oxygen atoms in total. The van der Waals surface area contributed by atoms with Crippen LogP contribution in [-0.2, 0) is 11.2 Å². The summed E-state index contributed by atoms with van der Waals surface area (Å²) in [5.74, 6) is 3.28. The summed E-state index contributed by atoms with van der Waals surface area (Å²) in [5, 5.41) is 14.0. The summed E-state index contributed by atoms with van der Waals surface area (Å²) in [6.07, 6.45) is 6.71. The molecule has 3 rings (SSSR count). The molecule has 1 aliphatic heterocycles. The van der Waals surface area contributed by atoms with Crippen molar-refractivity contribution in [2.24, 2.45) is 5.92 Å². The topological polar surface area (TPSA) is 79.5 Å². The van der Waals surface area contributed by atoms with Crippen LogP contribution in [0.5, 0.6) is 0 Å². The fraction of sp³-hybridized carbons (Fsp3) is 0.812. The van der Waals surface area contributed by atoms with Gasteiger partial charge in [-0.15, -0.1) is 0 Å². The van der Waals surface area contributed by atoms with Crippen LogP contribution in [0.3, 0.4) is 0 Å². The van der Waals surface area contributed by atoms with Crippen LogP contribution < -0.4 is 0 Å². The maximum Gasteiger partial charge on any atom is 0.251 e. The molecule has 1 aromatic rings. The number of hydrogen-bond donors (Lipinski definition) is 1. The van der Waals surface area contributed by atoms with Crippen LogP contribution in [0.2, 0.25) is 0 Å². The minimum absolute atomic E-state index is 0.118. The average Bonchev–Trinajstić information content (AvgIpc) is 3.32. The smallest absolute Gasteiger partial charge is 0.251 e. The Labute approximate surface area is 141 Å². The van der Waals surface area contributed by atoms with E-state index < -0.39 is 6.10 Å². The zero-order chi connectivity index (χ0) is 16.2. The normalized spacial score (nSPS) is 20.7. The van der Waals surface area contributed by atoms with Crippen molar-refractivity contribution in [3.05, 3.63) is 11.7 Å². The largest absolute Gasteiger partial charge is 0.383 e. The monoisotopic (exact) mass is 339 g/mol. The molecule has 2 heterocycles. The van der Waals surface area contributed by atoms with E-state index in [1.54, 1.807) is 16.7 Å². The average molecular weight is 339 g/mol. The van der Waals surface area contributed by atoms with E-state index in [2.05, 4.69) is 10.1 Å². The Kier molecular flexibility index (Phi) is 5.58. The van der Waals surface area contributed by atoms with Crippen molar-refractivity contribution in [3.8, 4) is 0 Å². The van der Waals surface area contributed by atoms with Gasteiger partial charge in [-0.1, -0.05) is 5.16 Å². The molecule has 0 bridgehead atoms. The molecule has 1 N–H and O–H groups in total. The maximum atomic E-state index is 12.2. The Balaban J connectivity index is 1.43. The molecule has 0 unspecified atom stereocenters. The van der Waals surface area contributed by atoms with Gasteiger partial charge in [0, 0.05) is 25.4 Å². The molecule has 128 valence electrons. The second-order valence-electron chi connectivity index (χ2n) is 6.59. The Hall–Kier alpha value is -1.08. The minimum Gasteiger partial charge on any atom is -0.383 e.